The Labute approximate surface area is 118 Å². The Morgan fingerprint density at radius 1 is 1.15 bits per heavy atom. The van der Waals surface area contributed by atoms with Crippen LogP contribution in [0.3, 0.4) is 0 Å². The number of imidazole rings is 1. The highest BCUT2D eigenvalue weighted by Crippen LogP contribution is 2.01. The van der Waals surface area contributed by atoms with Gasteiger partial charge in [-0.3, -0.25) is 9.59 Å². The summed E-state index contributed by atoms with van der Waals surface area (Å²) in [4.78, 5) is 31.4. The number of carbonyl (C=O) groups excluding carboxylic acids is 2. The number of aromatic amines is 1. The molecule has 0 amide bonds. The van der Waals surface area contributed by atoms with Gasteiger partial charge in [-0.2, -0.15) is 0 Å². The number of hydrogen-bond donors (Lipinski definition) is 1. The molecule has 0 aliphatic heterocycles. The predicted molar refractivity (Wildman–Crippen MR) is 72.0 cm³/mol. The first-order valence-corrected chi connectivity index (χ1v) is 6.49. The minimum atomic E-state index is -0.255. The number of nitrogens with one attached hydrogen (secondary N) is 1. The smallest absolute Gasteiger partial charge is 0.306 e. The van der Waals surface area contributed by atoms with Crippen LogP contribution in [0.15, 0.2) is 12.5 Å². The van der Waals surface area contributed by atoms with Crippen molar-refractivity contribution in [1.82, 2.24) is 14.9 Å². The summed E-state index contributed by atoms with van der Waals surface area (Å²) in [5, 5.41) is 0. The highest BCUT2D eigenvalue weighted by molar-refractivity contribution is 5.70. The molecule has 0 saturated heterocycles. The molecule has 1 heterocycles. The van der Waals surface area contributed by atoms with Crippen molar-refractivity contribution in [2.45, 2.75) is 19.3 Å². The largest absolute Gasteiger partial charge is 0.469 e. The molecular weight excluding hydrogens is 262 g/mol. The Morgan fingerprint density at radius 3 is 2.20 bits per heavy atom. The second-order valence-electron chi connectivity index (χ2n) is 4.32. The number of rotatable bonds is 9. The first kappa shape index (κ1) is 16.2. The van der Waals surface area contributed by atoms with Crippen LogP contribution in [0.1, 0.15) is 18.5 Å². The van der Waals surface area contributed by atoms with Gasteiger partial charge in [-0.1, -0.05) is 0 Å². The van der Waals surface area contributed by atoms with Crippen molar-refractivity contribution in [2.75, 3.05) is 33.9 Å². The third-order valence-electron chi connectivity index (χ3n) is 2.97. The molecule has 0 unspecified atom stereocenters. The molecule has 1 N–H and O–H groups in total. The molecule has 0 aromatic carbocycles. The van der Waals surface area contributed by atoms with Crippen LogP contribution in [0.4, 0.5) is 0 Å². The number of hydrogen-bond acceptors (Lipinski definition) is 6. The van der Waals surface area contributed by atoms with Crippen LogP contribution in [-0.2, 0) is 25.5 Å². The van der Waals surface area contributed by atoms with Crippen molar-refractivity contribution in [3.63, 3.8) is 0 Å². The van der Waals surface area contributed by atoms with E-state index in [1.807, 2.05) is 4.90 Å². The summed E-state index contributed by atoms with van der Waals surface area (Å²) in [6, 6.07) is 0. The highest BCUT2D eigenvalue weighted by atomic mass is 16.5. The number of nitrogens with zero attached hydrogens (tertiary/aromatic N) is 2. The zero-order valence-electron chi connectivity index (χ0n) is 11.9. The molecule has 0 aliphatic carbocycles. The first-order valence-electron chi connectivity index (χ1n) is 6.49. The Kier molecular flexibility index (Phi) is 7.34. The Balaban J connectivity index is 2.40. The van der Waals surface area contributed by atoms with Crippen LogP contribution >= 0.6 is 0 Å². The molecule has 0 saturated carbocycles. The molecule has 0 fully saturated rings. The van der Waals surface area contributed by atoms with Crippen molar-refractivity contribution >= 4 is 11.9 Å². The first-order chi connectivity index (χ1) is 9.65. The zero-order valence-corrected chi connectivity index (χ0v) is 11.9. The van der Waals surface area contributed by atoms with Crippen LogP contribution < -0.4 is 0 Å². The summed E-state index contributed by atoms with van der Waals surface area (Å²) in [6.45, 7) is 1.84. The van der Waals surface area contributed by atoms with Crippen LogP contribution in [0.5, 0.6) is 0 Å². The van der Waals surface area contributed by atoms with E-state index in [0.29, 0.717) is 25.9 Å². The van der Waals surface area contributed by atoms with Gasteiger partial charge >= 0.3 is 11.9 Å². The summed E-state index contributed by atoms with van der Waals surface area (Å²) in [7, 11) is 2.73. The quantitative estimate of drug-likeness (QED) is 0.660. The fraction of sp³-hybridized carbons (Fsp3) is 0.615. The topological polar surface area (TPSA) is 84.5 Å². The molecule has 7 heteroatoms. The van der Waals surface area contributed by atoms with E-state index in [2.05, 4.69) is 19.4 Å². The normalized spacial score (nSPS) is 10.6. The lowest BCUT2D eigenvalue weighted by Crippen LogP contribution is -2.31. The van der Waals surface area contributed by atoms with Crippen LogP contribution in [-0.4, -0.2) is 60.7 Å². The maximum Gasteiger partial charge on any atom is 0.306 e. The number of esters is 2. The van der Waals surface area contributed by atoms with Gasteiger partial charge in [0.05, 0.1) is 33.4 Å². The molecule has 0 bridgehead atoms. The van der Waals surface area contributed by atoms with Gasteiger partial charge in [0.15, 0.2) is 0 Å². The van der Waals surface area contributed by atoms with Crippen LogP contribution in [0.2, 0.25) is 0 Å². The molecule has 112 valence electrons. The minimum absolute atomic E-state index is 0.255. The predicted octanol–water partition coefficient (Wildman–Crippen LogP) is 0.380. The molecule has 1 aromatic rings. The van der Waals surface area contributed by atoms with E-state index in [0.717, 1.165) is 18.7 Å². The summed E-state index contributed by atoms with van der Waals surface area (Å²) in [5.74, 6) is -0.510. The van der Waals surface area contributed by atoms with Crippen molar-refractivity contribution < 1.29 is 19.1 Å². The van der Waals surface area contributed by atoms with Crippen LogP contribution in [0, 0.1) is 0 Å². The lowest BCUT2D eigenvalue weighted by atomic mass is 10.2. The number of methoxy groups -OCH3 is 2. The molecule has 1 aromatic heterocycles. The van der Waals surface area contributed by atoms with Gasteiger partial charge < -0.3 is 19.4 Å². The standard InChI is InChI=1S/C13H21N3O4/c1-19-12(17)4-7-16(8-5-13(18)20-2)6-3-11-9-14-10-15-11/h9-10H,3-8H2,1-2H3,(H,14,15). The Hall–Kier alpha value is -1.89. The van der Waals surface area contributed by atoms with Gasteiger partial charge in [-0.05, 0) is 0 Å². The van der Waals surface area contributed by atoms with Gasteiger partial charge in [-0.25, -0.2) is 4.98 Å². The van der Waals surface area contributed by atoms with Gasteiger partial charge in [0.25, 0.3) is 0 Å². The fourth-order valence-electron chi connectivity index (χ4n) is 1.74. The summed E-state index contributed by atoms with van der Waals surface area (Å²) >= 11 is 0. The van der Waals surface area contributed by atoms with Crippen molar-refractivity contribution in [3.8, 4) is 0 Å². The van der Waals surface area contributed by atoms with E-state index < -0.39 is 0 Å². The lowest BCUT2D eigenvalue weighted by molar-refractivity contribution is -0.141. The van der Waals surface area contributed by atoms with Gasteiger partial charge in [0, 0.05) is 37.9 Å². The number of carbonyl (C=O) groups is 2. The van der Waals surface area contributed by atoms with E-state index in [1.54, 1.807) is 12.5 Å². The second-order valence-corrected chi connectivity index (χ2v) is 4.32. The average Bonchev–Trinajstić information content (AvgIpc) is 2.98. The third kappa shape index (κ3) is 6.33. The number of ether oxygens (including phenoxy) is 2. The summed E-state index contributed by atoms with van der Waals surface area (Å²) in [6.07, 6.45) is 4.78. The SMILES string of the molecule is COC(=O)CCN(CCC(=O)OC)CCc1cnc[nH]1. The maximum absolute atomic E-state index is 11.2. The molecule has 0 spiro atoms. The average molecular weight is 283 g/mol. The van der Waals surface area contributed by atoms with E-state index in [-0.39, 0.29) is 11.9 Å². The fourth-order valence-corrected chi connectivity index (χ4v) is 1.74. The molecule has 0 aliphatic rings. The molecule has 1 rings (SSSR count). The van der Waals surface area contributed by atoms with Crippen LogP contribution in [0.25, 0.3) is 0 Å². The molecule has 20 heavy (non-hydrogen) atoms. The van der Waals surface area contributed by atoms with Gasteiger partial charge in [0.2, 0.25) is 0 Å². The Bertz CT molecular complexity index is 386. The van der Waals surface area contributed by atoms with Gasteiger partial charge in [-0.15, -0.1) is 0 Å². The second kappa shape index (κ2) is 9.08. The molecule has 0 atom stereocenters. The summed E-state index contributed by atoms with van der Waals surface area (Å²) < 4.78 is 9.25. The monoisotopic (exact) mass is 283 g/mol. The number of H-pyrrole nitrogens is 1. The molecular formula is C13H21N3O4. The number of aromatic nitrogens is 2. The van der Waals surface area contributed by atoms with E-state index >= 15 is 0 Å². The third-order valence-corrected chi connectivity index (χ3v) is 2.97. The van der Waals surface area contributed by atoms with E-state index in [1.165, 1.54) is 14.2 Å². The summed E-state index contributed by atoms with van der Waals surface area (Å²) in [5.41, 5.74) is 1.02. The van der Waals surface area contributed by atoms with Crippen molar-refractivity contribution in [2.24, 2.45) is 0 Å². The highest BCUT2D eigenvalue weighted by Gasteiger charge is 2.11. The minimum Gasteiger partial charge on any atom is -0.469 e. The van der Waals surface area contributed by atoms with Crippen molar-refractivity contribution in [3.05, 3.63) is 18.2 Å². The van der Waals surface area contributed by atoms with E-state index in [4.69, 9.17) is 0 Å². The maximum atomic E-state index is 11.2. The lowest BCUT2D eigenvalue weighted by Gasteiger charge is -2.20. The Morgan fingerprint density at radius 2 is 1.75 bits per heavy atom. The zero-order chi connectivity index (χ0) is 14.8. The van der Waals surface area contributed by atoms with Gasteiger partial charge in [0.1, 0.15) is 0 Å². The molecule has 0 radical (unpaired) electrons. The van der Waals surface area contributed by atoms with E-state index in [9.17, 15) is 9.59 Å². The molecule has 7 nitrogen and oxygen atoms in total. The van der Waals surface area contributed by atoms with Crippen molar-refractivity contribution in [1.29, 1.82) is 0 Å².